The number of aliphatic carboxylic acids is 1. The minimum Gasteiger partial charge on any atom is -0.778 e. The van der Waals surface area contributed by atoms with Crippen LogP contribution in [0.1, 0.15) is 33.1 Å². The highest BCUT2D eigenvalue weighted by Crippen LogP contribution is 2.28. The van der Waals surface area contributed by atoms with Gasteiger partial charge in [-0.3, -0.25) is 26.0 Å². The molecule has 0 aliphatic heterocycles. The number of carboxylic acid groups (broad SMARTS) is 1. The second-order valence-corrected chi connectivity index (χ2v) is 9.11. The Hall–Kier alpha value is -2.47. The largest absolute Gasteiger partial charge is 0.778 e. The van der Waals surface area contributed by atoms with Crippen LogP contribution in [0.25, 0.3) is 0 Å². The maximum absolute atomic E-state index is 12.6. The van der Waals surface area contributed by atoms with E-state index in [1.807, 2.05) is 13.8 Å². The van der Waals surface area contributed by atoms with Crippen molar-refractivity contribution in [3.05, 3.63) is 12.2 Å². The van der Waals surface area contributed by atoms with E-state index in [2.05, 4.69) is 21.4 Å². The zero-order valence-electron chi connectivity index (χ0n) is 17.7. The summed E-state index contributed by atoms with van der Waals surface area (Å²) in [4.78, 5) is 58.4. The van der Waals surface area contributed by atoms with E-state index in [0.717, 1.165) is 12.2 Å². The number of hydrogen-bond acceptors (Lipinski definition) is 6. The summed E-state index contributed by atoms with van der Waals surface area (Å²) in [7, 11) is -4.63. The maximum Gasteiger partial charge on any atom is 0.338 e. The summed E-state index contributed by atoms with van der Waals surface area (Å²) < 4.78 is 10.8. The fourth-order valence-corrected chi connectivity index (χ4v) is 2.93. The van der Waals surface area contributed by atoms with Gasteiger partial charge in [-0.2, -0.15) is 0 Å². The molecule has 14 heteroatoms. The van der Waals surface area contributed by atoms with Crippen LogP contribution in [0.4, 0.5) is 0 Å². The van der Waals surface area contributed by atoms with E-state index in [1.54, 1.807) is 0 Å². The highest BCUT2D eigenvalue weighted by atomic mass is 31.2. The van der Waals surface area contributed by atoms with Crippen LogP contribution in [-0.4, -0.2) is 59.5 Å². The number of rotatable bonds is 14. The monoisotopic (exact) mass is 464 g/mol. The van der Waals surface area contributed by atoms with Crippen LogP contribution in [0.3, 0.4) is 0 Å². The van der Waals surface area contributed by atoms with Gasteiger partial charge in [-0.25, -0.2) is 0 Å². The molecule has 178 valence electrons. The van der Waals surface area contributed by atoms with Crippen molar-refractivity contribution in [1.82, 2.24) is 10.6 Å². The predicted molar refractivity (Wildman–Crippen MR) is 107 cm³/mol. The molecule has 1 unspecified atom stereocenters. The molecule has 0 radical (unpaired) electrons. The highest BCUT2D eigenvalue weighted by molar-refractivity contribution is 7.50. The molecule has 2 amide bonds. The zero-order valence-corrected chi connectivity index (χ0v) is 18.6. The molecular weight excluding hydrogens is 431 g/mol. The molecule has 0 saturated carbocycles. The average molecular weight is 464 g/mol. The molecule has 0 fully saturated rings. The van der Waals surface area contributed by atoms with E-state index in [9.17, 15) is 28.9 Å². The third-order valence-electron chi connectivity index (χ3n) is 3.97. The Labute approximate surface area is 180 Å². The standard InChI is InChI=1S/C17H33N6O7P/c1-10(2)9-11(18)14(24)22-12(5-3-7-21-17(19)20)15(25)23-13(16(26)27)6-4-8-31(28,29)30/h4,6,10-13H,3,5,7-9,18H2,1-2H3,(H,22,24)(H,23,25)(H,26,27)(H4,19,20,21)(H2,28,29,30)/b6-4-/t11-,12-,13-/m0/s1. The zero-order chi connectivity index (χ0) is 24.2. The first kappa shape index (κ1) is 28.5. The Kier molecular flexibility index (Phi) is 12.7. The van der Waals surface area contributed by atoms with Crippen LogP contribution in [0.15, 0.2) is 12.2 Å². The number of guanidine groups is 1. The molecule has 4 atom stereocenters. The molecule has 0 aliphatic rings. The Morgan fingerprint density at radius 2 is 1.84 bits per heavy atom. The number of hydrogen-bond donors (Lipinski definition) is 7. The van der Waals surface area contributed by atoms with Gasteiger partial charge in [0.1, 0.15) is 13.6 Å². The van der Waals surface area contributed by atoms with Gasteiger partial charge in [0, 0.05) is 12.6 Å². The molecule has 13 nitrogen and oxygen atoms in total. The summed E-state index contributed by atoms with van der Waals surface area (Å²) in [6.07, 6.45) is 1.90. The van der Waals surface area contributed by atoms with Crippen molar-refractivity contribution < 1.29 is 44.6 Å². The van der Waals surface area contributed by atoms with Crippen molar-refractivity contribution in [2.24, 2.45) is 17.4 Å². The van der Waals surface area contributed by atoms with Gasteiger partial charge in [0.2, 0.25) is 5.91 Å². The first-order valence-electron chi connectivity index (χ1n) is 9.68. The molecule has 0 heterocycles. The number of amides is 2. The molecule has 0 saturated heterocycles. The van der Waals surface area contributed by atoms with Gasteiger partial charge < -0.3 is 40.6 Å². The maximum atomic E-state index is 12.6. The van der Waals surface area contributed by atoms with Crippen LogP contribution in [0, 0.1) is 5.92 Å². The number of carboxylic acids is 1. The van der Waals surface area contributed by atoms with Gasteiger partial charge in [0.05, 0.1) is 18.6 Å². The first-order valence-corrected chi connectivity index (χ1v) is 11.4. The molecule has 0 aromatic rings. The van der Waals surface area contributed by atoms with E-state index in [-0.39, 0.29) is 18.3 Å². The predicted octanol–water partition coefficient (Wildman–Crippen LogP) is -6.40. The van der Waals surface area contributed by atoms with Crippen LogP contribution in [-0.2, 0) is 18.9 Å². The van der Waals surface area contributed by atoms with E-state index in [0.29, 0.717) is 19.4 Å². The Morgan fingerprint density at radius 3 is 2.32 bits per heavy atom. The number of allylic oxidation sites excluding steroid dienone is 1. The third kappa shape index (κ3) is 14.2. The number of quaternary nitrogens is 1. The highest BCUT2D eigenvalue weighted by Gasteiger charge is 2.27. The van der Waals surface area contributed by atoms with Crippen molar-refractivity contribution >= 4 is 31.3 Å². The molecule has 0 spiro atoms. The normalized spacial score (nSPS) is 16.2. The van der Waals surface area contributed by atoms with Gasteiger partial charge in [-0.1, -0.05) is 26.0 Å². The summed E-state index contributed by atoms with van der Waals surface area (Å²) in [6, 6.07) is -3.38. The number of nitrogens with one attached hydrogen (secondary N) is 3. The fraction of sp³-hybridized carbons (Fsp3) is 0.647. The second kappa shape index (κ2) is 13.8. The van der Waals surface area contributed by atoms with Gasteiger partial charge >= 0.3 is 5.96 Å². The molecular formula is C17H33N6O7P. The second-order valence-electron chi connectivity index (χ2n) is 7.47. The molecule has 11 N–H and O–H groups in total. The van der Waals surface area contributed by atoms with Crippen molar-refractivity contribution in [2.75, 3.05) is 12.7 Å². The van der Waals surface area contributed by atoms with E-state index in [1.165, 1.54) is 0 Å². The topological polar surface area (TPSA) is 252 Å². The third-order valence-corrected chi connectivity index (χ3v) is 4.65. The van der Waals surface area contributed by atoms with Gasteiger partial charge in [0.15, 0.2) is 6.04 Å². The number of carbonyl (C=O) groups is 3. The summed E-state index contributed by atoms with van der Waals surface area (Å²) >= 11 is 0. The summed E-state index contributed by atoms with van der Waals surface area (Å²) in [6.45, 7) is 4.14. The number of nitrogens with two attached hydrogens (primary N) is 2. The SMILES string of the molecule is CC(C)C[C@H]([NH3+])C(=O)N[C@@H](CCC[NH+]=C(N)N)C(=O)N[C@@H](/C=C\CP(=O)([O-])O)C(=O)[O-]. The van der Waals surface area contributed by atoms with Crippen LogP contribution < -0.4 is 42.8 Å². The van der Waals surface area contributed by atoms with Gasteiger partial charge in [0.25, 0.3) is 5.91 Å². The lowest BCUT2D eigenvalue weighted by molar-refractivity contribution is -0.459. The average Bonchev–Trinajstić information content (AvgIpc) is 2.61. The lowest BCUT2D eigenvalue weighted by atomic mass is 10.0. The van der Waals surface area contributed by atoms with Crippen molar-refractivity contribution in [3.63, 3.8) is 0 Å². The van der Waals surface area contributed by atoms with Gasteiger partial charge in [-0.15, -0.1) is 0 Å². The first-order chi connectivity index (χ1) is 14.2. The van der Waals surface area contributed by atoms with E-state index < -0.39 is 49.7 Å². The number of carbonyl (C=O) groups excluding carboxylic acids is 3. The Morgan fingerprint density at radius 1 is 1.23 bits per heavy atom. The molecule has 0 aromatic heterocycles. The summed E-state index contributed by atoms with van der Waals surface area (Å²) in [5, 5.41) is 16.0. The van der Waals surface area contributed by atoms with Crippen molar-refractivity contribution in [3.8, 4) is 0 Å². The quantitative estimate of drug-likeness (QED) is 0.0423. The molecule has 31 heavy (non-hydrogen) atoms. The summed E-state index contributed by atoms with van der Waals surface area (Å²) in [5.74, 6) is -2.80. The van der Waals surface area contributed by atoms with Crippen LogP contribution in [0.5, 0.6) is 0 Å². The Balaban J connectivity index is 5.29. The minimum absolute atomic E-state index is 0.0125. The molecule has 0 bridgehead atoms. The van der Waals surface area contributed by atoms with Crippen LogP contribution in [0.2, 0.25) is 0 Å². The van der Waals surface area contributed by atoms with Crippen molar-refractivity contribution in [2.45, 2.75) is 51.2 Å². The molecule has 0 aromatic carbocycles. The Bertz CT molecular complexity index is 718. The fourth-order valence-electron chi connectivity index (χ4n) is 2.54. The lowest BCUT2D eigenvalue weighted by Crippen LogP contribution is -2.78. The van der Waals surface area contributed by atoms with E-state index >= 15 is 0 Å². The van der Waals surface area contributed by atoms with Crippen LogP contribution >= 0.6 is 7.60 Å². The molecule has 0 rings (SSSR count). The summed E-state index contributed by atoms with van der Waals surface area (Å²) in [5.41, 5.74) is 14.4. The minimum atomic E-state index is -4.63. The van der Waals surface area contributed by atoms with E-state index in [4.69, 9.17) is 16.4 Å². The van der Waals surface area contributed by atoms with Crippen molar-refractivity contribution in [1.29, 1.82) is 0 Å². The lowest BCUT2D eigenvalue weighted by Gasteiger charge is -2.23. The smallest absolute Gasteiger partial charge is 0.338 e. The molecule has 0 aliphatic carbocycles. The van der Waals surface area contributed by atoms with Gasteiger partial charge in [-0.05, 0) is 18.8 Å².